The van der Waals surface area contributed by atoms with Crippen LogP contribution >= 0.6 is 0 Å². The minimum Gasteiger partial charge on any atom is -0.310 e. The van der Waals surface area contributed by atoms with E-state index < -0.39 is 0 Å². The van der Waals surface area contributed by atoms with E-state index in [-0.39, 0.29) is 0 Å². The fourth-order valence-electron chi connectivity index (χ4n) is 1.63. The summed E-state index contributed by atoms with van der Waals surface area (Å²) in [5.41, 5.74) is 0. The molecule has 0 radical (unpaired) electrons. The fraction of sp³-hybridized carbons (Fsp3) is 0.800. The standard InChI is InChI=1S/C10H16N4/c1-2-7(1)5-11-6-9-12-10(14-13-9)8-3-4-8/h7-8,11H,1-6H2,(H,12,13,14). The lowest BCUT2D eigenvalue weighted by atomic mass is 10.4. The van der Waals surface area contributed by atoms with Crippen LogP contribution in [-0.2, 0) is 6.54 Å². The average Bonchev–Trinajstić information content (AvgIpc) is 3.07. The molecule has 0 saturated heterocycles. The lowest BCUT2D eigenvalue weighted by molar-refractivity contribution is 0.620. The number of hydrogen-bond acceptors (Lipinski definition) is 3. The predicted molar refractivity (Wildman–Crippen MR) is 52.8 cm³/mol. The van der Waals surface area contributed by atoms with Crippen molar-refractivity contribution in [3.63, 3.8) is 0 Å². The Morgan fingerprint density at radius 1 is 1.29 bits per heavy atom. The van der Waals surface area contributed by atoms with Gasteiger partial charge in [-0.05, 0) is 38.1 Å². The second-order valence-electron chi connectivity index (χ2n) is 4.49. The van der Waals surface area contributed by atoms with Gasteiger partial charge in [0, 0.05) is 5.92 Å². The molecule has 0 aliphatic heterocycles. The molecule has 2 aliphatic carbocycles. The largest absolute Gasteiger partial charge is 0.310 e. The van der Waals surface area contributed by atoms with E-state index in [2.05, 4.69) is 20.5 Å². The first kappa shape index (κ1) is 8.41. The Labute approximate surface area is 83.5 Å². The molecular formula is C10H16N4. The number of H-pyrrole nitrogens is 1. The second-order valence-corrected chi connectivity index (χ2v) is 4.49. The van der Waals surface area contributed by atoms with Gasteiger partial charge in [-0.1, -0.05) is 0 Å². The highest BCUT2D eigenvalue weighted by atomic mass is 15.2. The molecule has 1 aromatic rings. The highest BCUT2D eigenvalue weighted by Gasteiger charge is 2.27. The van der Waals surface area contributed by atoms with Crippen LogP contribution in [0.5, 0.6) is 0 Å². The second kappa shape index (κ2) is 3.35. The molecule has 0 bridgehead atoms. The highest BCUT2D eigenvalue weighted by molar-refractivity contribution is 5.04. The molecule has 1 aromatic heterocycles. The molecule has 0 atom stereocenters. The number of aromatic nitrogens is 3. The summed E-state index contributed by atoms with van der Waals surface area (Å²) < 4.78 is 0. The SMILES string of the molecule is C(NCC1CC1)c1nc(C2CC2)n[nH]1. The summed E-state index contributed by atoms with van der Waals surface area (Å²) in [6.07, 6.45) is 5.34. The number of aromatic amines is 1. The number of nitrogens with one attached hydrogen (secondary N) is 2. The third-order valence-electron chi connectivity index (χ3n) is 2.91. The van der Waals surface area contributed by atoms with Crippen LogP contribution in [-0.4, -0.2) is 21.7 Å². The highest BCUT2D eigenvalue weighted by Crippen LogP contribution is 2.37. The number of rotatable bonds is 5. The van der Waals surface area contributed by atoms with E-state index in [0.29, 0.717) is 5.92 Å². The summed E-state index contributed by atoms with van der Waals surface area (Å²) in [5, 5.41) is 10.6. The van der Waals surface area contributed by atoms with Crippen LogP contribution in [0.25, 0.3) is 0 Å². The van der Waals surface area contributed by atoms with Crippen LogP contribution in [0, 0.1) is 5.92 Å². The molecule has 0 spiro atoms. The molecule has 4 heteroatoms. The molecule has 3 rings (SSSR count). The van der Waals surface area contributed by atoms with Gasteiger partial charge in [0.25, 0.3) is 0 Å². The van der Waals surface area contributed by atoms with Gasteiger partial charge in [0.05, 0.1) is 6.54 Å². The van der Waals surface area contributed by atoms with Crippen molar-refractivity contribution in [3.8, 4) is 0 Å². The van der Waals surface area contributed by atoms with Gasteiger partial charge in [0.15, 0.2) is 5.82 Å². The zero-order chi connectivity index (χ0) is 9.38. The first-order chi connectivity index (χ1) is 6.92. The number of nitrogens with zero attached hydrogens (tertiary/aromatic N) is 2. The molecular weight excluding hydrogens is 176 g/mol. The Morgan fingerprint density at radius 3 is 2.86 bits per heavy atom. The zero-order valence-corrected chi connectivity index (χ0v) is 8.29. The third kappa shape index (κ3) is 1.95. The van der Waals surface area contributed by atoms with Crippen LogP contribution < -0.4 is 5.32 Å². The Morgan fingerprint density at radius 2 is 2.14 bits per heavy atom. The normalized spacial score (nSPS) is 21.4. The van der Waals surface area contributed by atoms with Crippen molar-refractivity contribution in [3.05, 3.63) is 11.6 Å². The van der Waals surface area contributed by atoms with E-state index in [4.69, 9.17) is 0 Å². The Hall–Kier alpha value is -0.900. The Bertz CT molecular complexity index is 312. The van der Waals surface area contributed by atoms with Crippen LogP contribution in [0.1, 0.15) is 43.3 Å². The molecule has 2 aliphatic rings. The maximum atomic E-state index is 4.46. The summed E-state index contributed by atoms with van der Waals surface area (Å²) in [7, 11) is 0. The zero-order valence-electron chi connectivity index (χ0n) is 8.29. The van der Waals surface area contributed by atoms with Gasteiger partial charge in [-0.2, -0.15) is 5.10 Å². The van der Waals surface area contributed by atoms with Crippen LogP contribution in [0.15, 0.2) is 0 Å². The van der Waals surface area contributed by atoms with Gasteiger partial charge in [0.2, 0.25) is 0 Å². The fourth-order valence-corrected chi connectivity index (χ4v) is 1.63. The van der Waals surface area contributed by atoms with E-state index in [1.807, 2.05) is 0 Å². The van der Waals surface area contributed by atoms with E-state index in [9.17, 15) is 0 Å². The summed E-state index contributed by atoms with van der Waals surface area (Å²) in [5.74, 6) is 3.60. The monoisotopic (exact) mass is 192 g/mol. The molecule has 76 valence electrons. The van der Waals surface area contributed by atoms with E-state index in [0.717, 1.165) is 30.7 Å². The van der Waals surface area contributed by atoms with Gasteiger partial charge in [-0.25, -0.2) is 4.98 Å². The summed E-state index contributed by atoms with van der Waals surface area (Å²) in [6.45, 7) is 1.98. The van der Waals surface area contributed by atoms with Crippen molar-refractivity contribution in [2.45, 2.75) is 38.1 Å². The molecule has 14 heavy (non-hydrogen) atoms. The van der Waals surface area contributed by atoms with Crippen molar-refractivity contribution in [2.24, 2.45) is 5.92 Å². The van der Waals surface area contributed by atoms with Gasteiger partial charge < -0.3 is 5.32 Å². The van der Waals surface area contributed by atoms with Gasteiger partial charge >= 0.3 is 0 Å². The first-order valence-corrected chi connectivity index (χ1v) is 5.54. The molecule has 0 amide bonds. The van der Waals surface area contributed by atoms with Crippen molar-refractivity contribution in [2.75, 3.05) is 6.54 Å². The minimum absolute atomic E-state index is 0.656. The smallest absolute Gasteiger partial charge is 0.153 e. The molecule has 4 nitrogen and oxygen atoms in total. The summed E-state index contributed by atoms with van der Waals surface area (Å²) >= 11 is 0. The van der Waals surface area contributed by atoms with Crippen LogP contribution in [0.4, 0.5) is 0 Å². The van der Waals surface area contributed by atoms with E-state index in [1.165, 1.54) is 25.7 Å². The van der Waals surface area contributed by atoms with Gasteiger partial charge in [-0.15, -0.1) is 0 Å². The maximum absolute atomic E-state index is 4.46. The van der Waals surface area contributed by atoms with E-state index >= 15 is 0 Å². The summed E-state index contributed by atoms with van der Waals surface area (Å²) in [6, 6.07) is 0. The van der Waals surface area contributed by atoms with Gasteiger partial charge in [0.1, 0.15) is 5.82 Å². The molecule has 0 unspecified atom stereocenters. The lowest BCUT2D eigenvalue weighted by Gasteiger charge is -1.98. The average molecular weight is 192 g/mol. The van der Waals surface area contributed by atoms with Gasteiger partial charge in [-0.3, -0.25) is 5.10 Å². The minimum atomic E-state index is 0.656. The topological polar surface area (TPSA) is 53.6 Å². The van der Waals surface area contributed by atoms with Crippen molar-refractivity contribution in [1.29, 1.82) is 0 Å². The van der Waals surface area contributed by atoms with E-state index in [1.54, 1.807) is 0 Å². The number of hydrogen-bond donors (Lipinski definition) is 2. The third-order valence-corrected chi connectivity index (χ3v) is 2.91. The quantitative estimate of drug-likeness (QED) is 0.736. The lowest BCUT2D eigenvalue weighted by Crippen LogP contribution is -2.16. The molecule has 0 aromatic carbocycles. The van der Waals surface area contributed by atoms with Crippen molar-refractivity contribution >= 4 is 0 Å². The molecule has 2 N–H and O–H groups in total. The Kier molecular flexibility index (Phi) is 2.01. The molecule has 2 fully saturated rings. The Balaban J connectivity index is 1.49. The van der Waals surface area contributed by atoms with Crippen LogP contribution in [0.3, 0.4) is 0 Å². The van der Waals surface area contributed by atoms with Crippen molar-refractivity contribution in [1.82, 2.24) is 20.5 Å². The molecule has 1 heterocycles. The predicted octanol–water partition coefficient (Wildman–Crippen LogP) is 1.18. The maximum Gasteiger partial charge on any atom is 0.153 e. The van der Waals surface area contributed by atoms with Crippen molar-refractivity contribution < 1.29 is 0 Å². The summed E-state index contributed by atoms with van der Waals surface area (Å²) in [4.78, 5) is 4.46. The first-order valence-electron chi connectivity index (χ1n) is 5.54. The van der Waals surface area contributed by atoms with Crippen LogP contribution in [0.2, 0.25) is 0 Å². The molecule has 2 saturated carbocycles.